The first-order valence-electron chi connectivity index (χ1n) is 8.00. The van der Waals surface area contributed by atoms with Crippen molar-refractivity contribution in [1.29, 1.82) is 0 Å². The van der Waals surface area contributed by atoms with Gasteiger partial charge in [0.05, 0.1) is 6.61 Å². The van der Waals surface area contributed by atoms with Gasteiger partial charge in [0.15, 0.2) is 5.78 Å². The Hall–Kier alpha value is -1.43. The van der Waals surface area contributed by atoms with Crippen LogP contribution in [0.1, 0.15) is 40.7 Å². The Balaban J connectivity index is 1.63. The van der Waals surface area contributed by atoms with E-state index in [4.69, 9.17) is 4.74 Å². The Morgan fingerprint density at radius 1 is 1.23 bits per heavy atom. The number of rotatable bonds is 6. The fraction of sp³-hybridized carbons (Fsp3) is 0.588. The normalized spacial score (nSPS) is 19.5. The van der Waals surface area contributed by atoms with Gasteiger partial charge >= 0.3 is 0 Å². The second kappa shape index (κ2) is 6.77. The highest BCUT2D eigenvalue weighted by molar-refractivity contribution is 6.00. The Morgan fingerprint density at radius 3 is 2.73 bits per heavy atom. The van der Waals surface area contributed by atoms with E-state index in [1.807, 2.05) is 6.07 Å². The highest BCUT2D eigenvalue weighted by Crippen LogP contribution is 2.30. The van der Waals surface area contributed by atoms with Gasteiger partial charge in [0.2, 0.25) is 0 Å². The first kappa shape index (κ1) is 15.5. The number of nitrogens with zero attached hydrogens (tertiary/aromatic N) is 1. The molecule has 1 aromatic carbocycles. The van der Waals surface area contributed by atoms with E-state index in [9.17, 15) is 15.0 Å². The highest BCUT2D eigenvalue weighted by atomic mass is 16.5. The molecule has 2 N–H and O–H groups in total. The number of aliphatic hydroxyl groups is 2. The molecule has 0 aromatic heterocycles. The van der Waals surface area contributed by atoms with Gasteiger partial charge in [-0.2, -0.15) is 0 Å². The fourth-order valence-corrected chi connectivity index (χ4v) is 3.28. The monoisotopic (exact) mass is 305 g/mol. The van der Waals surface area contributed by atoms with Crippen molar-refractivity contribution in [2.75, 3.05) is 26.2 Å². The summed E-state index contributed by atoms with van der Waals surface area (Å²) in [6.45, 7) is 2.74. The zero-order valence-corrected chi connectivity index (χ0v) is 12.8. The van der Waals surface area contributed by atoms with Crippen molar-refractivity contribution in [3.05, 3.63) is 28.8 Å². The van der Waals surface area contributed by atoms with E-state index in [1.54, 1.807) is 6.07 Å². The summed E-state index contributed by atoms with van der Waals surface area (Å²) in [6.07, 6.45) is 3.11. The number of aliphatic hydroxyl groups excluding tert-OH is 2. The van der Waals surface area contributed by atoms with Crippen molar-refractivity contribution in [1.82, 2.24) is 4.90 Å². The van der Waals surface area contributed by atoms with E-state index in [1.165, 1.54) is 12.8 Å². The van der Waals surface area contributed by atoms with Crippen LogP contribution >= 0.6 is 0 Å². The lowest BCUT2D eigenvalue weighted by molar-refractivity contribution is 0.0748. The van der Waals surface area contributed by atoms with Gasteiger partial charge < -0.3 is 19.8 Å². The van der Waals surface area contributed by atoms with Gasteiger partial charge in [0, 0.05) is 24.1 Å². The smallest absolute Gasteiger partial charge is 0.163 e. The summed E-state index contributed by atoms with van der Waals surface area (Å²) >= 11 is 0. The van der Waals surface area contributed by atoms with Gasteiger partial charge in [0.25, 0.3) is 0 Å². The predicted molar refractivity (Wildman–Crippen MR) is 82.2 cm³/mol. The number of ketones is 1. The number of carbonyl (C=O) groups excluding carboxylic acids is 1. The zero-order chi connectivity index (χ0) is 15.5. The molecule has 5 nitrogen and oxygen atoms in total. The Morgan fingerprint density at radius 2 is 2.00 bits per heavy atom. The summed E-state index contributed by atoms with van der Waals surface area (Å²) in [5, 5.41) is 19.6. The molecule has 1 unspecified atom stereocenters. The van der Waals surface area contributed by atoms with Gasteiger partial charge in [-0.05, 0) is 50.0 Å². The standard InChI is InChI=1S/C17H23NO4/c19-10-13-7-15-12(3-4-16(15)21)8-17(13)22-11-14(20)9-18-5-1-2-6-18/h7-8,14,19-20H,1-6,9-11H2. The van der Waals surface area contributed by atoms with Crippen LogP contribution in [0.4, 0.5) is 0 Å². The molecule has 1 aliphatic carbocycles. The lowest BCUT2D eigenvalue weighted by Gasteiger charge is -2.20. The molecular weight excluding hydrogens is 282 g/mol. The number of hydrogen-bond donors (Lipinski definition) is 2. The van der Waals surface area contributed by atoms with Gasteiger partial charge in [-0.3, -0.25) is 4.79 Å². The maximum atomic E-state index is 11.7. The Bertz CT molecular complexity index is 552. The van der Waals surface area contributed by atoms with E-state index in [2.05, 4.69) is 4.90 Å². The van der Waals surface area contributed by atoms with E-state index < -0.39 is 6.10 Å². The number of β-amino-alcohol motifs (C(OH)–C–C–N with tert-alkyl or cyclic N) is 1. The Kier molecular flexibility index (Phi) is 4.76. The maximum absolute atomic E-state index is 11.7. The summed E-state index contributed by atoms with van der Waals surface area (Å²) in [5.41, 5.74) is 2.29. The second-order valence-corrected chi connectivity index (χ2v) is 6.17. The molecule has 0 saturated carbocycles. The van der Waals surface area contributed by atoms with Crippen LogP contribution in [0, 0.1) is 0 Å². The van der Waals surface area contributed by atoms with Crippen molar-refractivity contribution in [3.8, 4) is 5.75 Å². The van der Waals surface area contributed by atoms with Gasteiger partial charge in [-0.25, -0.2) is 0 Å². The number of carbonyl (C=O) groups is 1. The average Bonchev–Trinajstić information content (AvgIpc) is 3.14. The minimum absolute atomic E-state index is 0.130. The lowest BCUT2D eigenvalue weighted by Crippen LogP contribution is -2.33. The molecule has 0 spiro atoms. The van der Waals surface area contributed by atoms with Crippen molar-refractivity contribution in [3.63, 3.8) is 0 Å². The van der Waals surface area contributed by atoms with Crippen LogP contribution in [0.15, 0.2) is 12.1 Å². The van der Waals surface area contributed by atoms with Crippen LogP contribution in [-0.4, -0.2) is 53.2 Å². The molecule has 3 rings (SSSR count). The summed E-state index contributed by atoms with van der Waals surface area (Å²) < 4.78 is 5.71. The third-order valence-corrected chi connectivity index (χ3v) is 4.48. The first-order valence-corrected chi connectivity index (χ1v) is 8.00. The van der Waals surface area contributed by atoms with Crippen LogP contribution in [0.2, 0.25) is 0 Å². The highest BCUT2D eigenvalue weighted by Gasteiger charge is 2.22. The van der Waals surface area contributed by atoms with Crippen LogP contribution in [0.5, 0.6) is 5.75 Å². The molecule has 0 bridgehead atoms. The van der Waals surface area contributed by atoms with Crippen LogP contribution in [-0.2, 0) is 13.0 Å². The number of aryl methyl sites for hydroxylation is 1. The largest absolute Gasteiger partial charge is 0.490 e. The molecule has 0 radical (unpaired) electrons. The van der Waals surface area contributed by atoms with Crippen LogP contribution in [0.25, 0.3) is 0 Å². The first-order chi connectivity index (χ1) is 10.7. The fourth-order valence-electron chi connectivity index (χ4n) is 3.28. The number of benzene rings is 1. The molecule has 120 valence electrons. The molecule has 1 heterocycles. The van der Waals surface area contributed by atoms with Gasteiger partial charge in [0.1, 0.15) is 18.5 Å². The quantitative estimate of drug-likeness (QED) is 0.825. The van der Waals surface area contributed by atoms with Crippen LogP contribution < -0.4 is 4.74 Å². The van der Waals surface area contributed by atoms with Gasteiger partial charge in [-0.1, -0.05) is 0 Å². The van der Waals surface area contributed by atoms with Crippen LogP contribution in [0.3, 0.4) is 0 Å². The lowest BCUT2D eigenvalue weighted by atomic mass is 10.1. The zero-order valence-electron chi connectivity index (χ0n) is 12.8. The third kappa shape index (κ3) is 3.32. The summed E-state index contributed by atoms with van der Waals surface area (Å²) in [5.74, 6) is 0.710. The molecule has 1 aromatic rings. The molecular formula is C17H23NO4. The van der Waals surface area contributed by atoms with E-state index in [0.717, 1.165) is 25.1 Å². The second-order valence-electron chi connectivity index (χ2n) is 6.17. The number of fused-ring (bicyclic) bond motifs is 1. The summed E-state index contributed by atoms with van der Waals surface area (Å²) in [7, 11) is 0. The van der Waals surface area contributed by atoms with E-state index in [0.29, 0.717) is 29.8 Å². The number of ether oxygens (including phenoxy) is 1. The molecule has 0 amide bonds. The molecule has 1 aliphatic heterocycles. The van der Waals surface area contributed by atoms with Gasteiger partial charge in [-0.15, -0.1) is 0 Å². The molecule has 5 heteroatoms. The predicted octanol–water partition coefficient (Wildman–Crippen LogP) is 1.14. The Labute approximate surface area is 130 Å². The molecule has 1 saturated heterocycles. The van der Waals surface area contributed by atoms with Crippen molar-refractivity contribution < 1.29 is 19.7 Å². The summed E-state index contributed by atoms with van der Waals surface area (Å²) in [6, 6.07) is 3.57. The average molecular weight is 305 g/mol. The van der Waals surface area contributed by atoms with Crippen molar-refractivity contribution in [2.45, 2.75) is 38.4 Å². The molecule has 1 atom stereocenters. The molecule has 2 aliphatic rings. The maximum Gasteiger partial charge on any atom is 0.163 e. The molecule has 22 heavy (non-hydrogen) atoms. The molecule has 1 fully saturated rings. The third-order valence-electron chi connectivity index (χ3n) is 4.48. The van der Waals surface area contributed by atoms with E-state index >= 15 is 0 Å². The van der Waals surface area contributed by atoms with Crippen molar-refractivity contribution >= 4 is 5.78 Å². The minimum atomic E-state index is -0.542. The van der Waals surface area contributed by atoms with Crippen molar-refractivity contribution in [2.24, 2.45) is 0 Å². The minimum Gasteiger partial charge on any atom is -0.490 e. The summed E-state index contributed by atoms with van der Waals surface area (Å²) in [4.78, 5) is 14.0. The topological polar surface area (TPSA) is 70.0 Å². The van der Waals surface area contributed by atoms with E-state index in [-0.39, 0.29) is 19.0 Å². The SMILES string of the molecule is O=C1CCc2cc(OCC(O)CN3CCCC3)c(CO)cc21. The number of hydrogen-bond acceptors (Lipinski definition) is 5. The number of likely N-dealkylation sites (tertiary alicyclic amines) is 1. The number of Topliss-reactive ketones (excluding diaryl/α,β-unsaturated/α-hetero) is 1.